The molecule has 2 aromatic carbocycles. The highest BCUT2D eigenvalue weighted by Crippen LogP contribution is 2.43. The van der Waals surface area contributed by atoms with Crippen LogP contribution in [0, 0.1) is 5.92 Å². The second kappa shape index (κ2) is 9.50. The van der Waals surface area contributed by atoms with Crippen molar-refractivity contribution >= 4 is 21.9 Å². The van der Waals surface area contributed by atoms with E-state index in [9.17, 15) is 9.90 Å². The van der Waals surface area contributed by atoms with E-state index in [0.717, 1.165) is 28.6 Å². The first kappa shape index (κ1) is 21.5. The first-order valence-corrected chi connectivity index (χ1v) is 10.3. The van der Waals surface area contributed by atoms with Crippen molar-refractivity contribution in [2.75, 3.05) is 34.4 Å². The number of hydrogen-bond donors (Lipinski definition) is 1. The molecule has 2 aromatic rings. The lowest BCUT2D eigenvalue weighted by molar-refractivity contribution is -0.143. The summed E-state index contributed by atoms with van der Waals surface area (Å²) in [6.07, 6.45) is 1.52. The van der Waals surface area contributed by atoms with E-state index >= 15 is 0 Å². The van der Waals surface area contributed by atoms with Gasteiger partial charge in [0.1, 0.15) is 5.75 Å². The number of methoxy groups -OCH3 is 3. The summed E-state index contributed by atoms with van der Waals surface area (Å²) < 4.78 is 17.6. The number of halogens is 1. The van der Waals surface area contributed by atoms with Crippen molar-refractivity contribution in [2.24, 2.45) is 5.92 Å². The SMILES string of the molecule is COc1cc(OC)c(C(c2cccc(Br)c2)N2CCCC(C(=O)O)C2)cc1OC. The van der Waals surface area contributed by atoms with Gasteiger partial charge in [0.05, 0.1) is 33.3 Å². The molecule has 6 nitrogen and oxygen atoms in total. The first-order valence-electron chi connectivity index (χ1n) is 9.50. The maximum Gasteiger partial charge on any atom is 0.307 e. The predicted octanol–water partition coefficient (Wildman–Crippen LogP) is 4.36. The molecule has 0 aromatic heterocycles. The second-order valence-corrected chi connectivity index (χ2v) is 7.99. The first-order chi connectivity index (χ1) is 14.0. The zero-order valence-corrected chi connectivity index (χ0v) is 18.4. The van der Waals surface area contributed by atoms with Crippen molar-refractivity contribution < 1.29 is 24.1 Å². The monoisotopic (exact) mass is 463 g/mol. The Morgan fingerprint density at radius 2 is 1.79 bits per heavy atom. The number of carboxylic acids is 1. The number of likely N-dealkylation sites (tertiary alicyclic amines) is 1. The highest BCUT2D eigenvalue weighted by atomic mass is 79.9. The van der Waals surface area contributed by atoms with Crippen molar-refractivity contribution in [2.45, 2.75) is 18.9 Å². The molecule has 1 fully saturated rings. The molecule has 29 heavy (non-hydrogen) atoms. The molecule has 1 aliphatic rings. The third kappa shape index (κ3) is 4.67. The van der Waals surface area contributed by atoms with E-state index in [2.05, 4.69) is 33.0 Å². The molecule has 0 spiro atoms. The van der Waals surface area contributed by atoms with E-state index < -0.39 is 5.97 Å². The highest BCUT2D eigenvalue weighted by molar-refractivity contribution is 9.10. The van der Waals surface area contributed by atoms with Crippen molar-refractivity contribution in [1.29, 1.82) is 0 Å². The van der Waals surface area contributed by atoms with Gasteiger partial charge < -0.3 is 19.3 Å². The lowest BCUT2D eigenvalue weighted by atomic mass is 9.90. The molecule has 0 saturated carbocycles. The highest BCUT2D eigenvalue weighted by Gasteiger charge is 2.33. The third-order valence-electron chi connectivity index (χ3n) is 5.36. The van der Waals surface area contributed by atoms with Crippen LogP contribution in [-0.2, 0) is 4.79 Å². The standard InChI is InChI=1S/C22H26BrNO5/c1-27-18-12-20(29-3)19(28-2)11-17(18)21(14-6-4-8-16(23)10-14)24-9-5-7-15(13-24)22(25)26/h4,6,8,10-12,15,21H,5,7,9,13H2,1-3H3,(H,25,26). The molecule has 0 aliphatic carbocycles. The molecule has 156 valence electrons. The molecular weight excluding hydrogens is 438 g/mol. The Hall–Kier alpha value is -2.25. The lowest BCUT2D eigenvalue weighted by Crippen LogP contribution is -2.41. The topological polar surface area (TPSA) is 68.2 Å². The fourth-order valence-electron chi connectivity index (χ4n) is 3.97. The fourth-order valence-corrected chi connectivity index (χ4v) is 4.39. The maximum absolute atomic E-state index is 11.7. The van der Waals surface area contributed by atoms with Gasteiger partial charge in [-0.3, -0.25) is 9.69 Å². The van der Waals surface area contributed by atoms with Gasteiger partial charge in [0.25, 0.3) is 0 Å². The van der Waals surface area contributed by atoms with Crippen LogP contribution in [0.3, 0.4) is 0 Å². The van der Waals surface area contributed by atoms with E-state index in [1.165, 1.54) is 0 Å². The van der Waals surface area contributed by atoms with Crippen LogP contribution in [0.4, 0.5) is 0 Å². The average molecular weight is 464 g/mol. The number of aliphatic carboxylic acids is 1. The van der Waals surface area contributed by atoms with E-state index in [1.54, 1.807) is 21.3 Å². The molecule has 3 rings (SSSR count). The Balaban J connectivity index is 2.14. The zero-order valence-electron chi connectivity index (χ0n) is 16.9. The number of ether oxygens (including phenoxy) is 3. The number of hydrogen-bond acceptors (Lipinski definition) is 5. The van der Waals surface area contributed by atoms with Gasteiger partial charge in [0, 0.05) is 22.6 Å². The van der Waals surface area contributed by atoms with Gasteiger partial charge in [0.2, 0.25) is 0 Å². The van der Waals surface area contributed by atoms with Crippen LogP contribution in [0.5, 0.6) is 17.2 Å². The van der Waals surface area contributed by atoms with Gasteiger partial charge in [-0.05, 0) is 43.1 Å². The Bertz CT molecular complexity index is 872. The molecule has 2 unspecified atom stereocenters. The normalized spacial score (nSPS) is 18.1. The number of nitrogens with zero attached hydrogens (tertiary/aromatic N) is 1. The molecule has 1 heterocycles. The summed E-state index contributed by atoms with van der Waals surface area (Å²) in [4.78, 5) is 13.9. The van der Waals surface area contributed by atoms with Gasteiger partial charge in [0.15, 0.2) is 11.5 Å². The van der Waals surface area contributed by atoms with Gasteiger partial charge in [-0.15, -0.1) is 0 Å². The number of rotatable bonds is 7. The van der Waals surface area contributed by atoms with Gasteiger partial charge in [-0.2, -0.15) is 0 Å². The molecule has 0 amide bonds. The quantitative estimate of drug-likeness (QED) is 0.657. The Morgan fingerprint density at radius 1 is 1.10 bits per heavy atom. The van der Waals surface area contributed by atoms with Crippen LogP contribution < -0.4 is 14.2 Å². The summed E-state index contributed by atoms with van der Waals surface area (Å²) in [5.74, 6) is 0.731. The maximum atomic E-state index is 11.7. The average Bonchev–Trinajstić information content (AvgIpc) is 2.73. The zero-order chi connectivity index (χ0) is 21.0. The van der Waals surface area contributed by atoms with E-state index in [-0.39, 0.29) is 12.0 Å². The lowest BCUT2D eigenvalue weighted by Gasteiger charge is -2.38. The molecule has 2 atom stereocenters. The van der Waals surface area contributed by atoms with Crippen molar-refractivity contribution in [1.82, 2.24) is 4.90 Å². The smallest absolute Gasteiger partial charge is 0.307 e. The minimum absolute atomic E-state index is 0.176. The summed E-state index contributed by atoms with van der Waals surface area (Å²) in [6, 6.07) is 11.6. The summed E-state index contributed by atoms with van der Waals surface area (Å²) >= 11 is 3.56. The summed E-state index contributed by atoms with van der Waals surface area (Å²) in [6.45, 7) is 1.28. The van der Waals surface area contributed by atoms with Crippen LogP contribution in [0.1, 0.15) is 30.0 Å². The van der Waals surface area contributed by atoms with Crippen LogP contribution >= 0.6 is 15.9 Å². The largest absolute Gasteiger partial charge is 0.496 e. The molecular formula is C22H26BrNO5. The Kier molecular flexibility index (Phi) is 7.03. The number of benzene rings is 2. The second-order valence-electron chi connectivity index (χ2n) is 7.08. The minimum atomic E-state index is -0.748. The van der Waals surface area contributed by atoms with Crippen LogP contribution in [0.2, 0.25) is 0 Å². The van der Waals surface area contributed by atoms with E-state index in [0.29, 0.717) is 30.2 Å². The summed E-state index contributed by atoms with van der Waals surface area (Å²) in [5, 5.41) is 9.58. The van der Waals surface area contributed by atoms with Crippen molar-refractivity contribution in [3.8, 4) is 17.2 Å². The third-order valence-corrected chi connectivity index (χ3v) is 5.86. The van der Waals surface area contributed by atoms with E-state index in [4.69, 9.17) is 14.2 Å². The number of carboxylic acid groups (broad SMARTS) is 1. The minimum Gasteiger partial charge on any atom is -0.496 e. The van der Waals surface area contributed by atoms with Crippen LogP contribution in [0.15, 0.2) is 40.9 Å². The predicted molar refractivity (Wildman–Crippen MR) is 114 cm³/mol. The van der Waals surface area contributed by atoms with Crippen LogP contribution in [0.25, 0.3) is 0 Å². The molecule has 7 heteroatoms. The van der Waals surface area contributed by atoms with E-state index in [1.807, 2.05) is 24.3 Å². The van der Waals surface area contributed by atoms with Crippen molar-refractivity contribution in [3.05, 3.63) is 52.0 Å². The van der Waals surface area contributed by atoms with Gasteiger partial charge in [-0.25, -0.2) is 0 Å². The van der Waals surface area contributed by atoms with Crippen molar-refractivity contribution in [3.63, 3.8) is 0 Å². The fraction of sp³-hybridized carbons (Fsp3) is 0.409. The summed E-state index contributed by atoms with van der Waals surface area (Å²) in [7, 11) is 4.81. The molecule has 0 bridgehead atoms. The molecule has 1 saturated heterocycles. The molecule has 1 aliphatic heterocycles. The Morgan fingerprint density at radius 3 is 2.41 bits per heavy atom. The molecule has 1 N–H and O–H groups in total. The van der Waals surface area contributed by atoms with Crippen LogP contribution in [-0.4, -0.2) is 50.4 Å². The number of piperidine rings is 1. The van der Waals surface area contributed by atoms with Gasteiger partial charge >= 0.3 is 5.97 Å². The molecule has 0 radical (unpaired) electrons. The summed E-state index contributed by atoms with van der Waals surface area (Å²) in [5.41, 5.74) is 1.96. The van der Waals surface area contributed by atoms with Gasteiger partial charge in [-0.1, -0.05) is 28.1 Å². The number of carbonyl (C=O) groups is 1. The Labute approximate surface area is 179 Å².